The van der Waals surface area contributed by atoms with Crippen molar-refractivity contribution < 1.29 is 9.90 Å². The van der Waals surface area contributed by atoms with Crippen LogP contribution < -0.4 is 0 Å². The molecule has 1 N–H and O–H groups in total. The van der Waals surface area contributed by atoms with Crippen molar-refractivity contribution in [2.45, 2.75) is 65.7 Å². The lowest BCUT2D eigenvalue weighted by molar-refractivity contribution is -0.154. The van der Waals surface area contributed by atoms with Gasteiger partial charge in [-0.25, -0.2) is 0 Å². The van der Waals surface area contributed by atoms with Crippen LogP contribution in [-0.4, -0.2) is 11.1 Å². The third-order valence-corrected chi connectivity index (χ3v) is 4.51. The quantitative estimate of drug-likeness (QED) is 0.766. The monoisotopic (exact) mass is 226 g/mol. The molecule has 0 bridgehead atoms. The summed E-state index contributed by atoms with van der Waals surface area (Å²) in [5.41, 5.74) is -0.490. The number of carboxylic acid groups (broad SMARTS) is 1. The van der Waals surface area contributed by atoms with Gasteiger partial charge in [0.25, 0.3) is 0 Å². The zero-order chi connectivity index (χ0) is 12.2. The second kappa shape index (κ2) is 5.70. The van der Waals surface area contributed by atoms with Gasteiger partial charge in [0, 0.05) is 0 Å². The van der Waals surface area contributed by atoms with E-state index < -0.39 is 11.4 Å². The van der Waals surface area contributed by atoms with Crippen molar-refractivity contribution in [1.82, 2.24) is 0 Å². The predicted octanol–water partition coefficient (Wildman–Crippen LogP) is 4.09. The van der Waals surface area contributed by atoms with Crippen LogP contribution in [0.3, 0.4) is 0 Å². The minimum atomic E-state index is -0.584. The molecular weight excluding hydrogens is 200 g/mol. The molecule has 0 heterocycles. The second-order valence-electron chi connectivity index (χ2n) is 5.53. The van der Waals surface area contributed by atoms with E-state index in [2.05, 4.69) is 13.8 Å². The first-order chi connectivity index (χ1) is 7.56. The van der Waals surface area contributed by atoms with E-state index in [1.165, 1.54) is 19.3 Å². The van der Waals surface area contributed by atoms with Crippen LogP contribution in [0.15, 0.2) is 0 Å². The van der Waals surface area contributed by atoms with Crippen molar-refractivity contribution in [1.29, 1.82) is 0 Å². The maximum absolute atomic E-state index is 11.6. The Morgan fingerprint density at radius 2 is 1.94 bits per heavy atom. The molecule has 1 aliphatic carbocycles. The van der Waals surface area contributed by atoms with E-state index in [1.807, 2.05) is 6.92 Å². The summed E-state index contributed by atoms with van der Waals surface area (Å²) in [5.74, 6) is 0.435. The fourth-order valence-corrected chi connectivity index (χ4v) is 3.51. The van der Waals surface area contributed by atoms with Gasteiger partial charge >= 0.3 is 5.97 Å². The van der Waals surface area contributed by atoms with E-state index in [-0.39, 0.29) is 0 Å². The number of hydrogen-bond donors (Lipinski definition) is 1. The normalized spacial score (nSPS) is 29.7. The van der Waals surface area contributed by atoms with Gasteiger partial charge in [0.15, 0.2) is 0 Å². The number of rotatable bonds is 5. The molecule has 0 spiro atoms. The van der Waals surface area contributed by atoms with Gasteiger partial charge in [0.05, 0.1) is 5.41 Å². The molecule has 94 valence electrons. The highest BCUT2D eigenvalue weighted by molar-refractivity contribution is 5.74. The molecule has 0 aliphatic heterocycles. The van der Waals surface area contributed by atoms with Crippen LogP contribution in [0.4, 0.5) is 0 Å². The smallest absolute Gasteiger partial charge is 0.309 e. The summed E-state index contributed by atoms with van der Waals surface area (Å²) in [4.78, 5) is 11.6. The Morgan fingerprint density at radius 1 is 1.31 bits per heavy atom. The zero-order valence-electron chi connectivity index (χ0n) is 11.0. The van der Waals surface area contributed by atoms with E-state index >= 15 is 0 Å². The number of aliphatic carboxylic acids is 1. The van der Waals surface area contributed by atoms with Crippen molar-refractivity contribution in [3.8, 4) is 0 Å². The Kier molecular flexibility index (Phi) is 4.82. The Balaban J connectivity index is 2.86. The highest BCUT2D eigenvalue weighted by Crippen LogP contribution is 2.46. The summed E-state index contributed by atoms with van der Waals surface area (Å²) >= 11 is 0. The number of hydrogen-bond acceptors (Lipinski definition) is 1. The highest BCUT2D eigenvalue weighted by atomic mass is 16.4. The van der Waals surface area contributed by atoms with Crippen LogP contribution in [0.2, 0.25) is 0 Å². The first-order valence-corrected chi connectivity index (χ1v) is 6.79. The van der Waals surface area contributed by atoms with E-state index in [0.29, 0.717) is 11.8 Å². The molecule has 2 heteroatoms. The van der Waals surface area contributed by atoms with E-state index in [9.17, 15) is 9.90 Å². The molecule has 0 aromatic heterocycles. The largest absolute Gasteiger partial charge is 0.481 e. The first-order valence-electron chi connectivity index (χ1n) is 6.79. The van der Waals surface area contributed by atoms with Crippen molar-refractivity contribution in [2.75, 3.05) is 0 Å². The van der Waals surface area contributed by atoms with E-state index in [1.54, 1.807) is 0 Å². The molecule has 16 heavy (non-hydrogen) atoms. The summed E-state index contributed by atoms with van der Waals surface area (Å²) in [5, 5.41) is 9.53. The van der Waals surface area contributed by atoms with Gasteiger partial charge in [0.2, 0.25) is 0 Å². The SMILES string of the molecule is CCCC(C)(C(=O)O)C1CCCCC1CC. The lowest BCUT2D eigenvalue weighted by Crippen LogP contribution is -2.41. The first kappa shape index (κ1) is 13.5. The molecule has 0 saturated heterocycles. The van der Waals surface area contributed by atoms with Crippen LogP contribution in [0, 0.1) is 17.3 Å². The minimum Gasteiger partial charge on any atom is -0.481 e. The van der Waals surface area contributed by atoms with Gasteiger partial charge in [-0.15, -0.1) is 0 Å². The van der Waals surface area contributed by atoms with Gasteiger partial charge < -0.3 is 5.11 Å². The Hall–Kier alpha value is -0.530. The Bertz CT molecular complexity index is 237. The summed E-state index contributed by atoms with van der Waals surface area (Å²) in [6.07, 6.45) is 7.77. The minimum absolute atomic E-state index is 0.392. The van der Waals surface area contributed by atoms with Crippen LogP contribution >= 0.6 is 0 Å². The second-order valence-corrected chi connectivity index (χ2v) is 5.53. The van der Waals surface area contributed by atoms with Crippen LogP contribution in [0.25, 0.3) is 0 Å². The summed E-state index contributed by atoms with van der Waals surface area (Å²) in [6, 6.07) is 0. The molecule has 0 aromatic carbocycles. The zero-order valence-corrected chi connectivity index (χ0v) is 11.0. The molecule has 1 rings (SSSR count). The number of carbonyl (C=O) groups is 1. The van der Waals surface area contributed by atoms with Gasteiger partial charge in [-0.05, 0) is 31.6 Å². The fraction of sp³-hybridized carbons (Fsp3) is 0.929. The van der Waals surface area contributed by atoms with Gasteiger partial charge in [-0.2, -0.15) is 0 Å². The summed E-state index contributed by atoms with van der Waals surface area (Å²) < 4.78 is 0. The number of carboxylic acids is 1. The van der Waals surface area contributed by atoms with Crippen molar-refractivity contribution in [3.63, 3.8) is 0 Å². The average molecular weight is 226 g/mol. The summed E-state index contributed by atoms with van der Waals surface area (Å²) in [7, 11) is 0. The fourth-order valence-electron chi connectivity index (χ4n) is 3.51. The molecule has 1 fully saturated rings. The molecule has 0 radical (unpaired) electrons. The van der Waals surface area contributed by atoms with Crippen molar-refractivity contribution >= 4 is 5.97 Å². The summed E-state index contributed by atoms with van der Waals surface area (Å²) in [6.45, 7) is 6.26. The topological polar surface area (TPSA) is 37.3 Å². The van der Waals surface area contributed by atoms with Crippen LogP contribution in [-0.2, 0) is 4.79 Å². The lowest BCUT2D eigenvalue weighted by Gasteiger charge is -2.41. The van der Waals surface area contributed by atoms with Crippen molar-refractivity contribution in [2.24, 2.45) is 17.3 Å². The molecule has 2 nitrogen and oxygen atoms in total. The molecule has 3 atom stereocenters. The van der Waals surface area contributed by atoms with Crippen molar-refractivity contribution in [3.05, 3.63) is 0 Å². The van der Waals surface area contributed by atoms with Crippen LogP contribution in [0.5, 0.6) is 0 Å². The molecule has 0 amide bonds. The van der Waals surface area contributed by atoms with Gasteiger partial charge in [-0.1, -0.05) is 46.0 Å². The Morgan fingerprint density at radius 3 is 2.44 bits per heavy atom. The van der Waals surface area contributed by atoms with Crippen LogP contribution in [0.1, 0.15) is 65.7 Å². The van der Waals surface area contributed by atoms with Gasteiger partial charge in [0.1, 0.15) is 0 Å². The average Bonchev–Trinajstić information content (AvgIpc) is 2.29. The van der Waals surface area contributed by atoms with E-state index in [4.69, 9.17) is 0 Å². The third-order valence-electron chi connectivity index (χ3n) is 4.51. The third kappa shape index (κ3) is 2.58. The predicted molar refractivity (Wildman–Crippen MR) is 66.4 cm³/mol. The standard InChI is InChI=1S/C14H26O2/c1-4-10-14(3,13(15)16)12-9-7-6-8-11(12)5-2/h11-12H,4-10H2,1-3H3,(H,15,16). The molecule has 1 saturated carbocycles. The highest BCUT2D eigenvalue weighted by Gasteiger charge is 2.44. The molecule has 0 aromatic rings. The lowest BCUT2D eigenvalue weighted by atomic mass is 9.62. The molecule has 1 aliphatic rings. The Labute approximate surface area is 99.4 Å². The van der Waals surface area contributed by atoms with Gasteiger partial charge in [-0.3, -0.25) is 4.79 Å². The maximum atomic E-state index is 11.6. The molecular formula is C14H26O2. The maximum Gasteiger partial charge on any atom is 0.309 e. The molecule has 3 unspecified atom stereocenters. The van der Waals surface area contributed by atoms with E-state index in [0.717, 1.165) is 25.7 Å².